The lowest BCUT2D eigenvalue weighted by Crippen LogP contribution is -2.50. The van der Waals surface area contributed by atoms with Gasteiger partial charge in [0.2, 0.25) is 0 Å². The van der Waals surface area contributed by atoms with Crippen LogP contribution in [0.4, 0.5) is 0 Å². The maximum absolute atomic E-state index is 10.5. The van der Waals surface area contributed by atoms with Crippen molar-refractivity contribution in [2.24, 2.45) is 5.41 Å². The molecule has 0 aliphatic heterocycles. The molecule has 0 bridgehead atoms. The van der Waals surface area contributed by atoms with Crippen LogP contribution in [0.2, 0.25) is 0 Å². The Labute approximate surface area is 110 Å². The largest absolute Gasteiger partial charge is 0.391 e. The summed E-state index contributed by atoms with van der Waals surface area (Å²) in [6.07, 6.45) is 4.96. The van der Waals surface area contributed by atoms with Crippen molar-refractivity contribution in [3.05, 3.63) is 30.1 Å². The number of rotatable bonds is 3. The molecule has 0 amide bonds. The van der Waals surface area contributed by atoms with Crippen molar-refractivity contribution < 1.29 is 5.11 Å². The van der Waals surface area contributed by atoms with Crippen LogP contribution >= 0.6 is 0 Å². The van der Waals surface area contributed by atoms with E-state index in [0.29, 0.717) is 0 Å². The highest BCUT2D eigenvalue weighted by Crippen LogP contribution is 2.37. The van der Waals surface area contributed by atoms with Crippen molar-refractivity contribution in [2.75, 3.05) is 7.05 Å². The molecule has 2 unspecified atom stereocenters. The van der Waals surface area contributed by atoms with E-state index in [1.54, 1.807) is 0 Å². The Hall–Kier alpha value is -0.930. The Balaban J connectivity index is 2.02. The lowest BCUT2D eigenvalue weighted by atomic mass is 9.72. The van der Waals surface area contributed by atoms with Crippen LogP contribution in [0.1, 0.15) is 38.8 Å². The van der Waals surface area contributed by atoms with Gasteiger partial charge in [-0.15, -0.1) is 0 Å². The monoisotopic (exact) mass is 248 g/mol. The van der Waals surface area contributed by atoms with Crippen LogP contribution in [0.3, 0.4) is 0 Å². The fraction of sp³-hybridized carbons (Fsp3) is 0.667. The van der Waals surface area contributed by atoms with Crippen LogP contribution < -0.4 is 0 Å². The van der Waals surface area contributed by atoms with Crippen molar-refractivity contribution in [3.63, 3.8) is 0 Å². The van der Waals surface area contributed by atoms with Crippen LogP contribution in [0.5, 0.6) is 0 Å². The zero-order valence-electron chi connectivity index (χ0n) is 11.6. The Morgan fingerprint density at radius 1 is 1.44 bits per heavy atom. The van der Waals surface area contributed by atoms with Gasteiger partial charge in [0, 0.05) is 18.8 Å². The number of likely N-dealkylation sites (N-methyl/N-ethyl adjacent to an activating group) is 1. The standard InChI is InChI=1S/C15H24N2O/c1-15(2)9-6-8-13(14(15)18)17(3)11-12-7-4-5-10-16-12/h4-5,7,10,13-14,18H,6,8-9,11H2,1-3H3. The lowest BCUT2D eigenvalue weighted by Gasteiger charge is -2.44. The summed E-state index contributed by atoms with van der Waals surface area (Å²) in [6.45, 7) is 5.13. The summed E-state index contributed by atoms with van der Waals surface area (Å²) in [5.41, 5.74) is 1.09. The van der Waals surface area contributed by atoms with Gasteiger partial charge in [-0.2, -0.15) is 0 Å². The molecule has 2 rings (SSSR count). The van der Waals surface area contributed by atoms with Crippen molar-refractivity contribution in [1.82, 2.24) is 9.88 Å². The number of hydrogen-bond donors (Lipinski definition) is 1. The van der Waals surface area contributed by atoms with E-state index in [0.717, 1.165) is 25.1 Å². The third kappa shape index (κ3) is 2.90. The second-order valence-electron chi connectivity index (χ2n) is 6.13. The summed E-state index contributed by atoms with van der Waals surface area (Å²) in [6, 6.07) is 6.23. The first-order valence-electron chi connectivity index (χ1n) is 6.79. The van der Waals surface area contributed by atoms with E-state index in [-0.39, 0.29) is 17.6 Å². The van der Waals surface area contributed by atoms with Crippen molar-refractivity contribution in [3.8, 4) is 0 Å². The average Bonchev–Trinajstić information content (AvgIpc) is 2.34. The highest BCUT2D eigenvalue weighted by Gasteiger charge is 2.39. The summed E-state index contributed by atoms with van der Waals surface area (Å²) in [5.74, 6) is 0. The molecule has 1 aliphatic carbocycles. The van der Waals surface area contributed by atoms with Gasteiger partial charge in [-0.3, -0.25) is 9.88 Å². The molecular weight excluding hydrogens is 224 g/mol. The SMILES string of the molecule is CN(Cc1ccccn1)C1CCCC(C)(C)C1O. The molecule has 1 aliphatic rings. The predicted octanol–water partition coefficient (Wildman–Crippen LogP) is 2.45. The normalized spacial score (nSPS) is 27.4. The summed E-state index contributed by atoms with van der Waals surface area (Å²) in [7, 11) is 2.09. The third-order valence-electron chi connectivity index (χ3n) is 4.19. The molecule has 18 heavy (non-hydrogen) atoms. The van der Waals surface area contributed by atoms with Crippen LogP contribution in [0.15, 0.2) is 24.4 Å². The van der Waals surface area contributed by atoms with E-state index in [9.17, 15) is 5.11 Å². The minimum Gasteiger partial charge on any atom is -0.391 e. The van der Waals surface area contributed by atoms with Gasteiger partial charge < -0.3 is 5.11 Å². The number of pyridine rings is 1. The molecule has 1 N–H and O–H groups in total. The molecule has 0 aromatic carbocycles. The van der Waals surface area contributed by atoms with Gasteiger partial charge in [0.15, 0.2) is 0 Å². The van der Waals surface area contributed by atoms with Crippen molar-refractivity contribution in [2.45, 2.75) is 51.8 Å². The Morgan fingerprint density at radius 2 is 2.22 bits per heavy atom. The minimum absolute atomic E-state index is 0.0291. The predicted molar refractivity (Wildman–Crippen MR) is 73.1 cm³/mol. The molecule has 1 fully saturated rings. The second kappa shape index (κ2) is 5.37. The van der Waals surface area contributed by atoms with E-state index in [1.807, 2.05) is 24.4 Å². The number of aliphatic hydroxyl groups is 1. The van der Waals surface area contributed by atoms with Crippen LogP contribution in [-0.2, 0) is 6.54 Å². The number of nitrogens with zero attached hydrogens (tertiary/aromatic N) is 2. The first-order chi connectivity index (χ1) is 8.50. The second-order valence-corrected chi connectivity index (χ2v) is 6.13. The topological polar surface area (TPSA) is 36.4 Å². The molecule has 0 saturated heterocycles. The third-order valence-corrected chi connectivity index (χ3v) is 4.19. The molecule has 0 spiro atoms. The van der Waals surface area contributed by atoms with E-state index < -0.39 is 0 Å². The van der Waals surface area contributed by atoms with Gasteiger partial charge in [-0.1, -0.05) is 26.3 Å². The zero-order chi connectivity index (χ0) is 13.2. The molecule has 1 aromatic heterocycles. The molecule has 2 atom stereocenters. The highest BCUT2D eigenvalue weighted by molar-refractivity contribution is 5.04. The molecule has 100 valence electrons. The molecule has 3 heteroatoms. The van der Waals surface area contributed by atoms with Gasteiger partial charge in [0.1, 0.15) is 0 Å². The van der Waals surface area contributed by atoms with Crippen LogP contribution in [0, 0.1) is 5.41 Å². The summed E-state index contributed by atoms with van der Waals surface area (Å²) < 4.78 is 0. The zero-order valence-corrected chi connectivity index (χ0v) is 11.6. The van der Waals surface area contributed by atoms with Crippen molar-refractivity contribution >= 4 is 0 Å². The van der Waals surface area contributed by atoms with Crippen LogP contribution in [0.25, 0.3) is 0 Å². The van der Waals surface area contributed by atoms with Crippen molar-refractivity contribution in [1.29, 1.82) is 0 Å². The lowest BCUT2D eigenvalue weighted by molar-refractivity contribution is -0.0526. The Morgan fingerprint density at radius 3 is 2.89 bits per heavy atom. The fourth-order valence-electron chi connectivity index (χ4n) is 2.92. The number of aliphatic hydroxyl groups excluding tert-OH is 1. The summed E-state index contributed by atoms with van der Waals surface area (Å²) in [4.78, 5) is 6.60. The van der Waals surface area contributed by atoms with E-state index in [1.165, 1.54) is 6.42 Å². The quantitative estimate of drug-likeness (QED) is 0.892. The number of aromatic nitrogens is 1. The minimum atomic E-state index is -0.250. The fourth-order valence-corrected chi connectivity index (χ4v) is 2.92. The van der Waals surface area contributed by atoms with E-state index in [2.05, 4.69) is 30.8 Å². The van der Waals surface area contributed by atoms with E-state index in [4.69, 9.17) is 0 Å². The van der Waals surface area contributed by atoms with Gasteiger partial charge in [0.25, 0.3) is 0 Å². The van der Waals surface area contributed by atoms with Gasteiger partial charge in [-0.05, 0) is 37.4 Å². The first-order valence-corrected chi connectivity index (χ1v) is 6.79. The highest BCUT2D eigenvalue weighted by atomic mass is 16.3. The molecule has 1 aromatic rings. The Kier molecular flexibility index (Phi) is 4.03. The summed E-state index contributed by atoms with van der Waals surface area (Å²) >= 11 is 0. The Bertz CT molecular complexity index is 377. The van der Waals surface area contributed by atoms with Gasteiger partial charge >= 0.3 is 0 Å². The van der Waals surface area contributed by atoms with Gasteiger partial charge in [0.05, 0.1) is 11.8 Å². The molecule has 1 heterocycles. The van der Waals surface area contributed by atoms with Crippen LogP contribution in [-0.4, -0.2) is 34.2 Å². The molecule has 1 saturated carbocycles. The molecular formula is C15H24N2O. The average molecular weight is 248 g/mol. The molecule has 3 nitrogen and oxygen atoms in total. The van der Waals surface area contributed by atoms with Gasteiger partial charge in [-0.25, -0.2) is 0 Å². The smallest absolute Gasteiger partial charge is 0.0746 e. The maximum Gasteiger partial charge on any atom is 0.0746 e. The van der Waals surface area contributed by atoms with E-state index >= 15 is 0 Å². The molecule has 0 radical (unpaired) electrons. The summed E-state index contributed by atoms with van der Waals surface area (Å²) in [5, 5.41) is 10.5. The first kappa shape index (κ1) is 13.5. The maximum atomic E-state index is 10.5. The number of hydrogen-bond acceptors (Lipinski definition) is 3.